The maximum Gasteiger partial charge on any atom is 0.317 e. The molecule has 1 heterocycles. The second-order valence-electron chi connectivity index (χ2n) is 8.75. The predicted molar refractivity (Wildman–Crippen MR) is 126 cm³/mol. The van der Waals surface area contributed by atoms with Gasteiger partial charge < -0.3 is 20.3 Å². The SMILES string of the molecule is COc1ccc(S(=O)(=O)N(C)C)cc1NC(=O)CN1CCN(C(=O)NC2CCCCC2)CC1. The van der Waals surface area contributed by atoms with Gasteiger partial charge in [0.25, 0.3) is 0 Å². The molecular formula is C22H35N5O5S. The molecule has 1 aromatic carbocycles. The molecule has 2 fully saturated rings. The highest BCUT2D eigenvalue weighted by Crippen LogP contribution is 2.28. The molecule has 10 nitrogen and oxygen atoms in total. The quantitative estimate of drug-likeness (QED) is 0.611. The van der Waals surface area contributed by atoms with Gasteiger partial charge in [-0.25, -0.2) is 17.5 Å². The molecule has 1 aliphatic heterocycles. The maximum atomic E-state index is 12.7. The number of amides is 3. The lowest BCUT2D eigenvalue weighted by molar-refractivity contribution is -0.117. The van der Waals surface area contributed by atoms with E-state index in [9.17, 15) is 18.0 Å². The molecule has 0 radical (unpaired) electrons. The molecule has 1 saturated heterocycles. The van der Waals surface area contributed by atoms with Crippen LogP contribution in [0, 0.1) is 0 Å². The molecule has 0 bridgehead atoms. The van der Waals surface area contributed by atoms with E-state index in [2.05, 4.69) is 10.6 Å². The van der Waals surface area contributed by atoms with Crippen molar-refractivity contribution in [2.24, 2.45) is 0 Å². The molecule has 1 saturated carbocycles. The van der Waals surface area contributed by atoms with E-state index in [0.29, 0.717) is 37.6 Å². The highest BCUT2D eigenvalue weighted by atomic mass is 32.2. The first-order valence-corrected chi connectivity index (χ1v) is 12.8. The topological polar surface area (TPSA) is 111 Å². The van der Waals surface area contributed by atoms with Crippen molar-refractivity contribution in [2.45, 2.75) is 43.0 Å². The van der Waals surface area contributed by atoms with Crippen LogP contribution < -0.4 is 15.4 Å². The van der Waals surface area contributed by atoms with Crippen molar-refractivity contribution in [3.05, 3.63) is 18.2 Å². The first-order valence-electron chi connectivity index (χ1n) is 11.4. The van der Waals surface area contributed by atoms with E-state index < -0.39 is 10.0 Å². The molecule has 0 unspecified atom stereocenters. The fourth-order valence-corrected chi connectivity index (χ4v) is 5.10. The largest absolute Gasteiger partial charge is 0.495 e. The van der Waals surface area contributed by atoms with Crippen LogP contribution in [0.3, 0.4) is 0 Å². The Morgan fingerprint density at radius 1 is 1.09 bits per heavy atom. The number of carbonyl (C=O) groups is 2. The second kappa shape index (κ2) is 11.2. The predicted octanol–water partition coefficient (Wildman–Crippen LogP) is 1.54. The summed E-state index contributed by atoms with van der Waals surface area (Å²) in [6, 6.07) is 4.63. The van der Waals surface area contributed by atoms with Gasteiger partial charge in [-0.15, -0.1) is 0 Å². The number of benzene rings is 1. The summed E-state index contributed by atoms with van der Waals surface area (Å²) in [6.45, 7) is 2.46. The Hall–Kier alpha value is -2.37. The summed E-state index contributed by atoms with van der Waals surface area (Å²) < 4.78 is 31.2. The smallest absolute Gasteiger partial charge is 0.317 e. The third kappa shape index (κ3) is 6.58. The second-order valence-corrected chi connectivity index (χ2v) is 10.9. The van der Waals surface area contributed by atoms with Gasteiger partial charge in [0.2, 0.25) is 15.9 Å². The van der Waals surface area contributed by atoms with E-state index in [-0.39, 0.29) is 29.4 Å². The van der Waals surface area contributed by atoms with Gasteiger partial charge in [0.1, 0.15) is 5.75 Å². The van der Waals surface area contributed by atoms with Crippen molar-refractivity contribution in [1.29, 1.82) is 0 Å². The summed E-state index contributed by atoms with van der Waals surface area (Å²) in [5, 5.41) is 5.90. The molecule has 2 aliphatic rings. The average molecular weight is 482 g/mol. The average Bonchev–Trinajstić information content (AvgIpc) is 2.80. The number of piperazine rings is 1. The number of sulfonamides is 1. The summed E-state index contributed by atoms with van der Waals surface area (Å²) in [4.78, 5) is 29.0. The molecule has 3 rings (SSSR count). The number of anilines is 1. The number of urea groups is 1. The Kier molecular flexibility index (Phi) is 8.55. The summed E-state index contributed by atoms with van der Waals surface area (Å²) in [7, 11) is 0.724. The number of hydrogen-bond donors (Lipinski definition) is 2. The Morgan fingerprint density at radius 2 is 1.76 bits per heavy atom. The van der Waals surface area contributed by atoms with Crippen molar-refractivity contribution in [3.63, 3.8) is 0 Å². The number of hydrogen-bond acceptors (Lipinski definition) is 6. The Bertz CT molecular complexity index is 938. The van der Waals surface area contributed by atoms with Gasteiger partial charge >= 0.3 is 6.03 Å². The Morgan fingerprint density at radius 3 is 2.36 bits per heavy atom. The van der Waals surface area contributed by atoms with Crippen molar-refractivity contribution in [2.75, 3.05) is 59.2 Å². The lowest BCUT2D eigenvalue weighted by Gasteiger charge is -2.35. The fraction of sp³-hybridized carbons (Fsp3) is 0.636. The summed E-state index contributed by atoms with van der Waals surface area (Å²) in [5.74, 6) is 0.109. The first-order chi connectivity index (χ1) is 15.7. The number of rotatable bonds is 7. The van der Waals surface area contributed by atoms with Crippen LogP contribution in [0.15, 0.2) is 23.1 Å². The van der Waals surface area contributed by atoms with Crippen molar-refractivity contribution >= 4 is 27.6 Å². The van der Waals surface area contributed by atoms with E-state index in [0.717, 1.165) is 17.1 Å². The molecule has 0 atom stereocenters. The molecule has 1 aliphatic carbocycles. The lowest BCUT2D eigenvalue weighted by atomic mass is 9.96. The van der Waals surface area contributed by atoms with E-state index in [4.69, 9.17) is 4.74 Å². The molecule has 0 spiro atoms. The van der Waals surface area contributed by atoms with Crippen LogP contribution in [0.25, 0.3) is 0 Å². The van der Waals surface area contributed by atoms with Crippen molar-refractivity contribution in [1.82, 2.24) is 19.4 Å². The minimum atomic E-state index is -3.64. The minimum Gasteiger partial charge on any atom is -0.495 e. The summed E-state index contributed by atoms with van der Waals surface area (Å²) in [6.07, 6.45) is 5.68. The van der Waals surface area contributed by atoms with Crippen LogP contribution in [0.4, 0.5) is 10.5 Å². The van der Waals surface area contributed by atoms with Gasteiger partial charge in [-0.2, -0.15) is 0 Å². The minimum absolute atomic E-state index is 0.0188. The van der Waals surface area contributed by atoms with Gasteiger partial charge in [-0.1, -0.05) is 19.3 Å². The number of carbonyl (C=O) groups excluding carboxylic acids is 2. The van der Waals surface area contributed by atoms with Gasteiger partial charge in [-0.3, -0.25) is 9.69 Å². The fourth-order valence-electron chi connectivity index (χ4n) is 4.17. The van der Waals surface area contributed by atoms with Crippen LogP contribution in [0.5, 0.6) is 5.75 Å². The molecule has 33 heavy (non-hydrogen) atoms. The van der Waals surface area contributed by atoms with Crippen molar-refractivity contribution in [3.8, 4) is 5.75 Å². The molecule has 0 aromatic heterocycles. The van der Waals surface area contributed by atoms with Crippen LogP contribution >= 0.6 is 0 Å². The van der Waals surface area contributed by atoms with E-state index in [1.165, 1.54) is 58.7 Å². The standard InChI is InChI=1S/C22H35N5O5S/c1-25(2)33(30,31)18-9-10-20(32-3)19(15-18)24-21(28)16-26-11-13-27(14-12-26)22(29)23-17-7-5-4-6-8-17/h9-10,15,17H,4-8,11-14,16H2,1-3H3,(H,23,29)(H,24,28). The van der Waals surface area contributed by atoms with E-state index in [1.807, 2.05) is 9.80 Å². The van der Waals surface area contributed by atoms with Gasteiger partial charge in [0.15, 0.2) is 0 Å². The molecule has 184 valence electrons. The normalized spacial score (nSPS) is 18.2. The van der Waals surface area contributed by atoms with Gasteiger partial charge in [0, 0.05) is 46.3 Å². The van der Waals surface area contributed by atoms with E-state index in [1.54, 1.807) is 0 Å². The summed E-state index contributed by atoms with van der Waals surface area (Å²) >= 11 is 0. The van der Waals surface area contributed by atoms with E-state index >= 15 is 0 Å². The number of methoxy groups -OCH3 is 1. The zero-order chi connectivity index (χ0) is 24.0. The monoisotopic (exact) mass is 481 g/mol. The molecule has 11 heteroatoms. The molecule has 1 aromatic rings. The van der Waals surface area contributed by atoms with Crippen LogP contribution in [0.2, 0.25) is 0 Å². The number of nitrogens with zero attached hydrogens (tertiary/aromatic N) is 3. The molecular weight excluding hydrogens is 446 g/mol. The first kappa shape index (κ1) is 25.3. The Balaban J connectivity index is 1.52. The van der Waals surface area contributed by atoms with Crippen molar-refractivity contribution < 1.29 is 22.7 Å². The highest BCUT2D eigenvalue weighted by molar-refractivity contribution is 7.89. The Labute approximate surface area is 196 Å². The summed E-state index contributed by atoms with van der Waals surface area (Å²) in [5.41, 5.74) is 0.302. The van der Waals surface area contributed by atoms with Crippen LogP contribution in [-0.4, -0.2) is 94.4 Å². The third-order valence-electron chi connectivity index (χ3n) is 6.18. The third-order valence-corrected chi connectivity index (χ3v) is 7.99. The van der Waals surface area contributed by atoms with Crippen LogP contribution in [-0.2, 0) is 14.8 Å². The molecule has 2 N–H and O–H groups in total. The zero-order valence-corrected chi connectivity index (χ0v) is 20.5. The number of nitrogens with one attached hydrogen (secondary N) is 2. The van der Waals surface area contributed by atoms with Crippen LogP contribution in [0.1, 0.15) is 32.1 Å². The maximum absolute atomic E-state index is 12.7. The zero-order valence-electron chi connectivity index (χ0n) is 19.7. The van der Waals surface area contributed by atoms with Gasteiger partial charge in [0.05, 0.1) is 24.2 Å². The lowest BCUT2D eigenvalue weighted by Crippen LogP contribution is -2.54. The highest BCUT2D eigenvalue weighted by Gasteiger charge is 2.25. The number of ether oxygens (including phenoxy) is 1. The van der Waals surface area contributed by atoms with Gasteiger partial charge in [-0.05, 0) is 31.0 Å². The molecule has 3 amide bonds.